The van der Waals surface area contributed by atoms with Crippen LogP contribution in [0.2, 0.25) is 0 Å². The Kier molecular flexibility index (Phi) is 4.78. The Morgan fingerprint density at radius 1 is 1.36 bits per heavy atom. The van der Waals surface area contributed by atoms with Crippen molar-refractivity contribution in [1.29, 1.82) is 0 Å². The van der Waals surface area contributed by atoms with Gasteiger partial charge in [0.2, 0.25) is 11.8 Å². The molecule has 1 N–H and O–H groups in total. The van der Waals surface area contributed by atoms with Crippen molar-refractivity contribution in [3.8, 4) is 17.1 Å². The Morgan fingerprint density at radius 2 is 2.18 bits per heavy atom. The second kappa shape index (κ2) is 7.26. The first-order chi connectivity index (χ1) is 13.4. The van der Waals surface area contributed by atoms with Crippen molar-refractivity contribution >= 4 is 16.9 Å². The molecular formula is C20H26N6O2. The first-order valence-electron chi connectivity index (χ1n) is 9.69. The number of carbonyl (C=O) groups excluding carboxylic acids is 1. The predicted molar refractivity (Wildman–Crippen MR) is 106 cm³/mol. The summed E-state index contributed by atoms with van der Waals surface area (Å²) in [5.74, 6) is 1.26. The fourth-order valence-electron chi connectivity index (χ4n) is 3.57. The Bertz CT molecular complexity index is 1010. The van der Waals surface area contributed by atoms with Crippen LogP contribution in [-0.2, 0) is 18.4 Å². The first kappa shape index (κ1) is 18.5. The van der Waals surface area contributed by atoms with Gasteiger partial charge in [-0.25, -0.2) is 9.97 Å². The molecule has 1 aliphatic rings. The Balaban J connectivity index is 1.68. The molecule has 8 nitrogen and oxygen atoms in total. The van der Waals surface area contributed by atoms with Gasteiger partial charge in [-0.1, -0.05) is 13.8 Å². The van der Waals surface area contributed by atoms with Crippen LogP contribution in [0.5, 0.6) is 5.88 Å². The summed E-state index contributed by atoms with van der Waals surface area (Å²) < 4.78 is 10.1. The van der Waals surface area contributed by atoms with Gasteiger partial charge in [0.05, 0.1) is 23.7 Å². The lowest BCUT2D eigenvalue weighted by Crippen LogP contribution is -2.26. The summed E-state index contributed by atoms with van der Waals surface area (Å²) in [6.45, 7) is 7.80. The number of hydrogen-bond acceptors (Lipinski definition) is 5. The number of aryl methyl sites for hydroxylation is 1. The van der Waals surface area contributed by atoms with Crippen LogP contribution in [0.4, 0.5) is 0 Å². The third-order valence-electron chi connectivity index (χ3n) is 5.11. The highest BCUT2D eigenvalue weighted by atomic mass is 16.5. The second-order valence-corrected chi connectivity index (χ2v) is 7.97. The highest BCUT2D eigenvalue weighted by molar-refractivity contribution is 5.84. The average molecular weight is 382 g/mol. The fraction of sp³-hybridized carbons (Fsp3) is 0.500. The summed E-state index contributed by atoms with van der Waals surface area (Å²) in [5, 5.41) is 7.31. The maximum absolute atomic E-state index is 11.5. The van der Waals surface area contributed by atoms with E-state index in [2.05, 4.69) is 29.2 Å². The molecule has 1 aliphatic heterocycles. The van der Waals surface area contributed by atoms with Crippen LogP contribution < -0.4 is 10.1 Å². The summed E-state index contributed by atoms with van der Waals surface area (Å²) in [7, 11) is 1.93. The third-order valence-corrected chi connectivity index (χ3v) is 5.11. The minimum absolute atomic E-state index is 0.0745. The van der Waals surface area contributed by atoms with Crippen molar-refractivity contribution in [2.24, 2.45) is 18.9 Å². The van der Waals surface area contributed by atoms with Crippen LogP contribution in [0.25, 0.3) is 22.3 Å². The van der Waals surface area contributed by atoms with E-state index in [1.54, 1.807) is 6.33 Å². The number of fused-ring (bicyclic) bond motifs is 1. The number of pyridine rings is 1. The Labute approximate surface area is 163 Å². The van der Waals surface area contributed by atoms with Crippen molar-refractivity contribution < 1.29 is 9.53 Å². The summed E-state index contributed by atoms with van der Waals surface area (Å²) in [6.07, 6.45) is 5.94. The molecule has 1 fully saturated rings. The monoisotopic (exact) mass is 382 g/mol. The number of amides is 1. The maximum Gasteiger partial charge on any atom is 0.241 e. The molecule has 2 unspecified atom stereocenters. The van der Waals surface area contributed by atoms with Crippen LogP contribution >= 0.6 is 0 Å². The van der Waals surface area contributed by atoms with Crippen molar-refractivity contribution in [1.82, 2.24) is 29.6 Å². The number of aromatic nitrogens is 5. The first-order valence-corrected chi connectivity index (χ1v) is 9.69. The molecule has 4 rings (SSSR count). The van der Waals surface area contributed by atoms with Crippen molar-refractivity contribution in [2.45, 2.75) is 39.8 Å². The van der Waals surface area contributed by atoms with Gasteiger partial charge < -0.3 is 14.6 Å². The topological polar surface area (TPSA) is 86.9 Å². The minimum atomic E-state index is -0.136. The zero-order valence-electron chi connectivity index (χ0n) is 16.7. The van der Waals surface area contributed by atoms with Gasteiger partial charge in [0.15, 0.2) is 0 Å². The van der Waals surface area contributed by atoms with Gasteiger partial charge in [-0.3, -0.25) is 9.48 Å². The fourth-order valence-corrected chi connectivity index (χ4v) is 3.57. The summed E-state index contributed by atoms with van der Waals surface area (Å²) in [5.41, 5.74) is 3.39. The molecule has 4 heterocycles. The van der Waals surface area contributed by atoms with Gasteiger partial charge in [0, 0.05) is 44.2 Å². The van der Waals surface area contributed by atoms with E-state index < -0.39 is 0 Å². The van der Waals surface area contributed by atoms with Crippen LogP contribution in [0.15, 0.2) is 24.8 Å². The standard InChI is InChI=1S/C20H26N6O2/c1-12(2)9-26-10-15(8-23-26)16-6-17-19(25(4)11-22-17)20(24-16)28-13(3)14-5-18(27)21-7-14/h6,8,10-14H,5,7,9H2,1-4H3,(H,21,27). The van der Waals surface area contributed by atoms with E-state index in [0.717, 1.165) is 28.8 Å². The molecule has 8 heteroatoms. The molecule has 0 bridgehead atoms. The number of ether oxygens (including phenoxy) is 1. The van der Waals surface area contributed by atoms with Crippen LogP contribution in [0.1, 0.15) is 27.2 Å². The van der Waals surface area contributed by atoms with E-state index in [-0.39, 0.29) is 17.9 Å². The maximum atomic E-state index is 11.5. The van der Waals surface area contributed by atoms with Gasteiger partial charge >= 0.3 is 0 Å². The molecule has 28 heavy (non-hydrogen) atoms. The van der Waals surface area contributed by atoms with Crippen LogP contribution in [-0.4, -0.2) is 42.9 Å². The number of carbonyl (C=O) groups is 1. The van der Waals surface area contributed by atoms with Crippen LogP contribution in [0.3, 0.4) is 0 Å². The smallest absolute Gasteiger partial charge is 0.241 e. The average Bonchev–Trinajstić information content (AvgIpc) is 3.35. The summed E-state index contributed by atoms with van der Waals surface area (Å²) in [4.78, 5) is 20.8. The van der Waals surface area contributed by atoms with E-state index in [1.807, 2.05) is 41.7 Å². The Hall–Kier alpha value is -2.90. The van der Waals surface area contributed by atoms with Crippen molar-refractivity contribution in [3.05, 3.63) is 24.8 Å². The molecule has 0 radical (unpaired) electrons. The minimum Gasteiger partial charge on any atom is -0.473 e. The molecule has 148 valence electrons. The van der Waals surface area contributed by atoms with Gasteiger partial charge in [-0.05, 0) is 18.9 Å². The van der Waals surface area contributed by atoms with E-state index in [9.17, 15) is 4.79 Å². The molecule has 0 saturated carbocycles. The largest absolute Gasteiger partial charge is 0.473 e. The molecule has 0 aliphatic carbocycles. The number of imidazole rings is 1. The lowest BCUT2D eigenvalue weighted by molar-refractivity contribution is -0.119. The number of nitrogens with one attached hydrogen (secondary N) is 1. The molecule has 0 aromatic carbocycles. The third kappa shape index (κ3) is 3.58. The molecule has 1 amide bonds. The van der Waals surface area contributed by atoms with Crippen molar-refractivity contribution in [3.63, 3.8) is 0 Å². The number of rotatable bonds is 6. The Morgan fingerprint density at radius 3 is 2.89 bits per heavy atom. The zero-order chi connectivity index (χ0) is 19.8. The van der Waals surface area contributed by atoms with E-state index in [0.29, 0.717) is 24.8 Å². The molecule has 3 aromatic heterocycles. The molecular weight excluding hydrogens is 356 g/mol. The van der Waals surface area contributed by atoms with Crippen LogP contribution in [0, 0.1) is 11.8 Å². The van der Waals surface area contributed by atoms with E-state index >= 15 is 0 Å². The zero-order valence-corrected chi connectivity index (χ0v) is 16.7. The van der Waals surface area contributed by atoms with Gasteiger partial charge in [-0.15, -0.1) is 0 Å². The normalized spacial score (nSPS) is 18.0. The second-order valence-electron chi connectivity index (χ2n) is 7.97. The van der Waals surface area contributed by atoms with E-state index in [4.69, 9.17) is 9.72 Å². The van der Waals surface area contributed by atoms with Gasteiger partial charge in [-0.2, -0.15) is 5.10 Å². The molecule has 3 aromatic rings. The lowest BCUT2D eigenvalue weighted by Gasteiger charge is -2.20. The highest BCUT2D eigenvalue weighted by Crippen LogP contribution is 2.30. The predicted octanol–water partition coefficient (Wildman–Crippen LogP) is 2.39. The van der Waals surface area contributed by atoms with Gasteiger partial charge in [0.25, 0.3) is 0 Å². The summed E-state index contributed by atoms with van der Waals surface area (Å²) in [6, 6.07) is 1.96. The molecule has 2 atom stereocenters. The quantitative estimate of drug-likeness (QED) is 0.707. The van der Waals surface area contributed by atoms with Crippen molar-refractivity contribution in [2.75, 3.05) is 6.54 Å². The number of hydrogen-bond donors (Lipinski definition) is 1. The number of nitrogens with zero attached hydrogens (tertiary/aromatic N) is 5. The highest BCUT2D eigenvalue weighted by Gasteiger charge is 2.29. The molecule has 0 spiro atoms. The van der Waals surface area contributed by atoms with Gasteiger partial charge in [0.1, 0.15) is 11.6 Å². The van der Waals surface area contributed by atoms with E-state index in [1.165, 1.54) is 0 Å². The lowest BCUT2D eigenvalue weighted by atomic mass is 10.0. The molecule has 1 saturated heterocycles. The summed E-state index contributed by atoms with van der Waals surface area (Å²) >= 11 is 0. The SMILES string of the molecule is CC(C)Cn1cc(-c2cc3ncn(C)c3c(OC(C)C3CNC(=O)C3)n2)cn1.